The maximum atomic E-state index is 12.4. The second kappa shape index (κ2) is 5.43. The Kier molecular flexibility index (Phi) is 3.81. The Balaban J connectivity index is 1.68. The van der Waals surface area contributed by atoms with Gasteiger partial charge in [0.2, 0.25) is 0 Å². The number of ketones is 1. The molecule has 0 spiro atoms. The minimum Gasteiger partial charge on any atom is -0.393 e. The first-order valence-electron chi connectivity index (χ1n) is 10.2. The number of aliphatic hydroxyl groups is 1. The van der Waals surface area contributed by atoms with E-state index in [1.165, 1.54) is 25.7 Å². The van der Waals surface area contributed by atoms with Crippen molar-refractivity contribution in [2.75, 3.05) is 0 Å². The maximum Gasteiger partial charge on any atom is 0.133 e. The predicted octanol–water partition coefficient (Wildman–Crippen LogP) is 4.76. The number of carbonyl (C=O) groups excluding carboxylic acids is 1. The summed E-state index contributed by atoms with van der Waals surface area (Å²) in [6.45, 7) is 9.04. The minimum absolute atomic E-state index is 0.122. The Labute approximate surface area is 147 Å². The summed E-state index contributed by atoms with van der Waals surface area (Å²) in [6, 6.07) is 0. The second-order valence-corrected chi connectivity index (χ2v) is 10.0. The fraction of sp³-hybridized carbons (Fsp3) is 0.864. The molecular weight excluding hydrogens is 296 g/mol. The summed E-state index contributed by atoms with van der Waals surface area (Å²) < 4.78 is 0. The van der Waals surface area contributed by atoms with E-state index < -0.39 is 0 Å². The third-order valence-corrected chi connectivity index (χ3v) is 8.86. The van der Waals surface area contributed by atoms with Gasteiger partial charge in [0.15, 0.2) is 0 Å². The van der Waals surface area contributed by atoms with E-state index >= 15 is 0 Å². The molecule has 0 amide bonds. The molecule has 2 nitrogen and oxygen atoms in total. The average Bonchev–Trinajstić information content (AvgIpc) is 2.78. The number of allylic oxidation sites excluding steroid dienone is 1. The van der Waals surface area contributed by atoms with Crippen LogP contribution in [-0.4, -0.2) is 17.0 Å². The lowest BCUT2D eigenvalue weighted by Crippen LogP contribution is -2.51. The van der Waals surface area contributed by atoms with E-state index in [9.17, 15) is 9.90 Å². The first kappa shape index (κ1) is 16.8. The first-order chi connectivity index (χ1) is 11.3. The van der Waals surface area contributed by atoms with E-state index in [1.54, 1.807) is 5.57 Å². The zero-order valence-electron chi connectivity index (χ0n) is 15.8. The lowest BCUT2D eigenvalue weighted by molar-refractivity contribution is -0.128. The number of fused-ring (bicyclic) bond motifs is 5. The van der Waals surface area contributed by atoms with E-state index in [0.717, 1.165) is 31.1 Å². The highest BCUT2D eigenvalue weighted by Crippen LogP contribution is 2.67. The normalized spacial score (nSPS) is 53.6. The first-order valence-corrected chi connectivity index (χ1v) is 10.2. The van der Waals surface area contributed by atoms with Crippen LogP contribution in [0.2, 0.25) is 0 Å². The van der Waals surface area contributed by atoms with Crippen molar-refractivity contribution in [3.63, 3.8) is 0 Å². The Hall–Kier alpha value is -0.630. The van der Waals surface area contributed by atoms with Crippen LogP contribution in [0.1, 0.15) is 72.6 Å². The highest BCUT2D eigenvalue weighted by molar-refractivity contribution is 5.80. The Morgan fingerprint density at radius 3 is 2.67 bits per heavy atom. The van der Waals surface area contributed by atoms with E-state index in [0.29, 0.717) is 23.0 Å². The van der Waals surface area contributed by atoms with Crippen LogP contribution in [0.25, 0.3) is 0 Å². The monoisotopic (exact) mass is 330 g/mol. The molecule has 3 saturated carbocycles. The molecule has 0 saturated heterocycles. The molecule has 3 fully saturated rings. The standard InChI is InChI=1S/C22H34O2/c1-13-11-19-17-6-5-15-12-16(24)7-9-21(15,3)18(17)8-10-22(19,4)20(13)14(2)23/h5,13,16-20,24H,6-12H2,1-4H3/t13-,16-,17-,18-,19-,20+,21+,22-/m1/s1. The number of hydrogen-bond acceptors (Lipinski definition) is 2. The van der Waals surface area contributed by atoms with Crippen molar-refractivity contribution in [1.82, 2.24) is 0 Å². The molecule has 0 aromatic rings. The van der Waals surface area contributed by atoms with Crippen LogP contribution in [0.5, 0.6) is 0 Å². The fourth-order valence-corrected chi connectivity index (χ4v) is 7.87. The lowest BCUT2D eigenvalue weighted by atomic mass is 9.47. The third kappa shape index (κ3) is 2.14. The molecule has 0 unspecified atom stereocenters. The van der Waals surface area contributed by atoms with Crippen molar-refractivity contribution >= 4 is 5.78 Å². The van der Waals surface area contributed by atoms with Crippen LogP contribution < -0.4 is 0 Å². The largest absolute Gasteiger partial charge is 0.393 e. The SMILES string of the molecule is CC(=O)[C@@H]1[C@H](C)C[C@@H]2[C@@H]3CC=C4C[C@H](O)CC[C@]4(C)[C@@H]3CC[C@]21C. The molecule has 0 aromatic carbocycles. The molecule has 0 radical (unpaired) electrons. The van der Waals surface area contributed by atoms with Gasteiger partial charge in [0.1, 0.15) is 5.78 Å². The van der Waals surface area contributed by atoms with Gasteiger partial charge in [-0.05, 0) is 86.4 Å². The van der Waals surface area contributed by atoms with Gasteiger partial charge in [0.25, 0.3) is 0 Å². The van der Waals surface area contributed by atoms with Crippen molar-refractivity contribution in [3.8, 4) is 0 Å². The molecule has 0 aromatic heterocycles. The molecule has 4 aliphatic carbocycles. The predicted molar refractivity (Wildman–Crippen MR) is 96.4 cm³/mol. The quantitative estimate of drug-likeness (QED) is 0.704. The van der Waals surface area contributed by atoms with Crippen LogP contribution in [0.3, 0.4) is 0 Å². The molecule has 1 N–H and O–H groups in total. The average molecular weight is 331 g/mol. The highest BCUT2D eigenvalue weighted by atomic mass is 16.3. The van der Waals surface area contributed by atoms with Gasteiger partial charge >= 0.3 is 0 Å². The van der Waals surface area contributed by atoms with Crippen molar-refractivity contribution < 1.29 is 9.90 Å². The summed E-state index contributed by atoms with van der Waals surface area (Å²) in [5, 5.41) is 10.1. The van der Waals surface area contributed by atoms with Gasteiger partial charge < -0.3 is 5.11 Å². The summed E-state index contributed by atoms with van der Waals surface area (Å²) in [5.74, 6) is 3.46. The lowest BCUT2D eigenvalue weighted by Gasteiger charge is -2.57. The van der Waals surface area contributed by atoms with Gasteiger partial charge in [-0.1, -0.05) is 32.4 Å². The molecule has 0 bridgehead atoms. The highest BCUT2D eigenvalue weighted by Gasteiger charge is 2.61. The summed E-state index contributed by atoms with van der Waals surface area (Å²) in [7, 11) is 0. The Morgan fingerprint density at radius 1 is 1.21 bits per heavy atom. The zero-order valence-corrected chi connectivity index (χ0v) is 15.8. The number of Topliss-reactive ketones (excluding diaryl/α,β-unsaturated/α-hetero) is 1. The summed E-state index contributed by atoms with van der Waals surface area (Å²) >= 11 is 0. The van der Waals surface area contributed by atoms with Gasteiger partial charge in [0.05, 0.1) is 6.10 Å². The van der Waals surface area contributed by atoms with Gasteiger partial charge in [-0.3, -0.25) is 4.79 Å². The van der Waals surface area contributed by atoms with Gasteiger partial charge in [-0.2, -0.15) is 0 Å². The molecule has 134 valence electrons. The fourth-order valence-electron chi connectivity index (χ4n) is 7.87. The topological polar surface area (TPSA) is 37.3 Å². The van der Waals surface area contributed by atoms with Gasteiger partial charge in [0, 0.05) is 5.92 Å². The summed E-state index contributed by atoms with van der Waals surface area (Å²) in [4.78, 5) is 12.4. The van der Waals surface area contributed by atoms with Crippen LogP contribution >= 0.6 is 0 Å². The molecule has 8 atom stereocenters. The molecule has 2 heteroatoms. The van der Waals surface area contributed by atoms with Crippen molar-refractivity contribution in [3.05, 3.63) is 11.6 Å². The number of carbonyl (C=O) groups is 1. The van der Waals surface area contributed by atoms with Crippen molar-refractivity contribution in [2.45, 2.75) is 78.7 Å². The molecule has 4 rings (SSSR count). The van der Waals surface area contributed by atoms with Gasteiger partial charge in [-0.25, -0.2) is 0 Å². The van der Waals surface area contributed by atoms with Crippen molar-refractivity contribution in [1.29, 1.82) is 0 Å². The molecule has 0 heterocycles. The molecule has 0 aliphatic heterocycles. The Bertz CT molecular complexity index is 579. The third-order valence-electron chi connectivity index (χ3n) is 8.86. The molecule has 4 aliphatic rings. The zero-order chi connectivity index (χ0) is 17.3. The van der Waals surface area contributed by atoms with Crippen LogP contribution in [-0.2, 0) is 4.79 Å². The number of aliphatic hydroxyl groups excluding tert-OH is 1. The second-order valence-electron chi connectivity index (χ2n) is 10.0. The smallest absolute Gasteiger partial charge is 0.133 e. The van der Waals surface area contributed by atoms with E-state index in [-0.39, 0.29) is 17.4 Å². The molecule has 24 heavy (non-hydrogen) atoms. The van der Waals surface area contributed by atoms with Crippen molar-refractivity contribution in [2.24, 2.45) is 40.4 Å². The summed E-state index contributed by atoms with van der Waals surface area (Å²) in [5.41, 5.74) is 2.07. The van der Waals surface area contributed by atoms with Crippen LogP contribution in [0, 0.1) is 40.4 Å². The minimum atomic E-state index is -0.122. The van der Waals surface area contributed by atoms with Crippen LogP contribution in [0.4, 0.5) is 0 Å². The van der Waals surface area contributed by atoms with E-state index in [4.69, 9.17) is 0 Å². The maximum absolute atomic E-state index is 12.4. The van der Waals surface area contributed by atoms with E-state index in [1.807, 2.05) is 6.92 Å². The number of rotatable bonds is 1. The van der Waals surface area contributed by atoms with Gasteiger partial charge in [-0.15, -0.1) is 0 Å². The van der Waals surface area contributed by atoms with Crippen LogP contribution in [0.15, 0.2) is 11.6 Å². The summed E-state index contributed by atoms with van der Waals surface area (Å²) in [6.07, 6.45) is 10.3. The molecular formula is C22H34O2. The van der Waals surface area contributed by atoms with E-state index in [2.05, 4.69) is 26.8 Å². The number of hydrogen-bond donors (Lipinski definition) is 1. The Morgan fingerprint density at radius 2 is 1.96 bits per heavy atom.